The smallest absolute Gasteiger partial charge is 0.408 e. The molecule has 1 atom stereocenters. The van der Waals surface area contributed by atoms with Gasteiger partial charge in [-0.05, 0) is 40.5 Å². The maximum Gasteiger partial charge on any atom is 0.408 e. The lowest BCUT2D eigenvalue weighted by Crippen LogP contribution is -2.49. The number of ether oxygens (including phenoxy) is 1. The Labute approximate surface area is 116 Å². The third-order valence-electron chi connectivity index (χ3n) is 2.94. The van der Waals surface area contributed by atoms with Crippen LogP contribution in [0.15, 0.2) is 0 Å². The van der Waals surface area contributed by atoms with Crippen LogP contribution in [0.3, 0.4) is 0 Å². The lowest BCUT2D eigenvalue weighted by Gasteiger charge is -2.29. The molecule has 0 aliphatic heterocycles. The van der Waals surface area contributed by atoms with Crippen molar-refractivity contribution in [3.63, 3.8) is 0 Å². The molecule has 0 saturated heterocycles. The molecule has 0 aromatic rings. The second-order valence-corrected chi connectivity index (χ2v) is 5.79. The Morgan fingerprint density at radius 2 is 1.68 bits per heavy atom. The van der Waals surface area contributed by atoms with E-state index in [0.717, 1.165) is 12.8 Å². The van der Waals surface area contributed by atoms with Crippen LogP contribution in [0.1, 0.15) is 54.4 Å². The largest absolute Gasteiger partial charge is 0.444 e. The maximum absolute atomic E-state index is 12.2. The van der Waals surface area contributed by atoms with Crippen LogP contribution < -0.4 is 5.32 Å². The molecule has 0 bridgehead atoms. The van der Waals surface area contributed by atoms with Crippen molar-refractivity contribution < 1.29 is 14.3 Å². The fraction of sp³-hybridized carbons (Fsp3) is 0.857. The minimum atomic E-state index is -0.583. The molecule has 2 amide bonds. The second kappa shape index (κ2) is 7.36. The maximum atomic E-state index is 12.2. The molecular formula is C14H28N2O3. The fourth-order valence-electron chi connectivity index (χ4n) is 1.87. The molecule has 0 fully saturated rings. The Morgan fingerprint density at radius 3 is 2.05 bits per heavy atom. The number of likely N-dealkylation sites (N-methyl/N-ethyl adjacent to an activating group) is 1. The number of nitrogens with zero attached hydrogens (tertiary/aromatic N) is 1. The van der Waals surface area contributed by atoms with E-state index in [4.69, 9.17) is 4.74 Å². The Balaban J connectivity index is 4.45. The van der Waals surface area contributed by atoms with Crippen molar-refractivity contribution in [3.8, 4) is 0 Å². The van der Waals surface area contributed by atoms with E-state index in [0.29, 0.717) is 0 Å². The number of hydrogen-bond acceptors (Lipinski definition) is 3. The van der Waals surface area contributed by atoms with Crippen molar-refractivity contribution in [1.82, 2.24) is 10.2 Å². The van der Waals surface area contributed by atoms with Gasteiger partial charge in [-0.2, -0.15) is 0 Å². The van der Waals surface area contributed by atoms with Crippen LogP contribution in [0, 0.1) is 0 Å². The first-order valence-corrected chi connectivity index (χ1v) is 6.88. The van der Waals surface area contributed by atoms with E-state index in [-0.39, 0.29) is 11.9 Å². The Kier molecular flexibility index (Phi) is 6.87. The standard InChI is InChI=1S/C14H28N2O3/c1-8-11(9-2)16(7)12(17)10(3)15-13(18)19-14(4,5)6/h10-11H,8-9H2,1-7H3,(H,15,18). The Morgan fingerprint density at radius 1 is 1.21 bits per heavy atom. The van der Waals surface area contributed by atoms with Gasteiger partial charge < -0.3 is 15.0 Å². The average molecular weight is 272 g/mol. The highest BCUT2D eigenvalue weighted by Gasteiger charge is 2.25. The van der Waals surface area contributed by atoms with Gasteiger partial charge in [-0.1, -0.05) is 13.8 Å². The van der Waals surface area contributed by atoms with Gasteiger partial charge in [0, 0.05) is 13.1 Å². The van der Waals surface area contributed by atoms with Crippen LogP contribution in [0.2, 0.25) is 0 Å². The van der Waals surface area contributed by atoms with Crippen LogP contribution in [-0.4, -0.2) is 41.6 Å². The number of amides is 2. The third kappa shape index (κ3) is 6.45. The molecule has 0 rings (SSSR count). The van der Waals surface area contributed by atoms with Gasteiger partial charge in [0.1, 0.15) is 11.6 Å². The molecule has 0 heterocycles. The molecule has 5 heteroatoms. The summed E-state index contributed by atoms with van der Waals surface area (Å²) in [5, 5.41) is 2.57. The molecule has 0 aliphatic carbocycles. The molecule has 0 aromatic heterocycles. The summed E-state index contributed by atoms with van der Waals surface area (Å²) in [4.78, 5) is 25.5. The van der Waals surface area contributed by atoms with E-state index in [9.17, 15) is 9.59 Å². The van der Waals surface area contributed by atoms with Gasteiger partial charge in [0.25, 0.3) is 0 Å². The second-order valence-electron chi connectivity index (χ2n) is 5.79. The summed E-state index contributed by atoms with van der Waals surface area (Å²) in [5.41, 5.74) is -0.561. The van der Waals surface area contributed by atoms with Crippen molar-refractivity contribution in [3.05, 3.63) is 0 Å². The molecule has 0 radical (unpaired) electrons. The first-order valence-electron chi connectivity index (χ1n) is 6.88. The molecule has 112 valence electrons. The van der Waals surface area contributed by atoms with Crippen molar-refractivity contribution in [2.24, 2.45) is 0 Å². The molecule has 0 spiro atoms. The molecule has 0 aliphatic rings. The van der Waals surface area contributed by atoms with Gasteiger partial charge in [0.05, 0.1) is 0 Å². The highest BCUT2D eigenvalue weighted by atomic mass is 16.6. The number of hydrogen-bond donors (Lipinski definition) is 1. The van der Waals surface area contributed by atoms with Crippen molar-refractivity contribution in [2.45, 2.75) is 72.1 Å². The van der Waals surface area contributed by atoms with E-state index in [1.54, 1.807) is 39.6 Å². The zero-order valence-electron chi connectivity index (χ0n) is 13.2. The normalized spacial score (nSPS) is 13.1. The number of alkyl carbamates (subject to hydrolysis) is 1. The SMILES string of the molecule is CCC(CC)N(C)C(=O)C(C)NC(=O)OC(C)(C)C. The summed E-state index contributed by atoms with van der Waals surface area (Å²) < 4.78 is 5.13. The summed E-state index contributed by atoms with van der Waals surface area (Å²) in [6, 6.07) is -0.379. The van der Waals surface area contributed by atoms with E-state index < -0.39 is 17.7 Å². The minimum absolute atomic E-state index is 0.0976. The first-order chi connectivity index (χ1) is 8.62. The van der Waals surface area contributed by atoms with Gasteiger partial charge >= 0.3 is 6.09 Å². The molecule has 5 nitrogen and oxygen atoms in total. The quantitative estimate of drug-likeness (QED) is 0.836. The van der Waals surface area contributed by atoms with Crippen molar-refractivity contribution in [2.75, 3.05) is 7.05 Å². The van der Waals surface area contributed by atoms with E-state index in [1.807, 2.05) is 13.8 Å². The van der Waals surface area contributed by atoms with Crippen LogP contribution in [0.5, 0.6) is 0 Å². The summed E-state index contributed by atoms with van der Waals surface area (Å²) in [6.45, 7) is 11.1. The highest BCUT2D eigenvalue weighted by molar-refractivity contribution is 5.85. The lowest BCUT2D eigenvalue weighted by atomic mass is 10.1. The molecule has 0 aromatic carbocycles. The number of nitrogens with one attached hydrogen (secondary N) is 1. The molecule has 1 unspecified atom stereocenters. The van der Waals surface area contributed by atoms with E-state index >= 15 is 0 Å². The van der Waals surface area contributed by atoms with Crippen LogP contribution >= 0.6 is 0 Å². The minimum Gasteiger partial charge on any atom is -0.444 e. The van der Waals surface area contributed by atoms with E-state index in [2.05, 4.69) is 5.32 Å². The van der Waals surface area contributed by atoms with Gasteiger partial charge in [-0.3, -0.25) is 4.79 Å². The molecule has 0 saturated carbocycles. The monoisotopic (exact) mass is 272 g/mol. The molecular weight excluding hydrogens is 244 g/mol. The molecule has 19 heavy (non-hydrogen) atoms. The Bertz CT molecular complexity index is 306. The van der Waals surface area contributed by atoms with Crippen LogP contribution in [0.25, 0.3) is 0 Å². The van der Waals surface area contributed by atoms with E-state index in [1.165, 1.54) is 0 Å². The van der Waals surface area contributed by atoms with Crippen molar-refractivity contribution >= 4 is 12.0 Å². The van der Waals surface area contributed by atoms with Crippen LogP contribution in [-0.2, 0) is 9.53 Å². The predicted molar refractivity (Wildman–Crippen MR) is 76.0 cm³/mol. The van der Waals surface area contributed by atoms with Crippen LogP contribution in [0.4, 0.5) is 4.79 Å². The zero-order chi connectivity index (χ0) is 15.2. The third-order valence-corrected chi connectivity index (χ3v) is 2.94. The topological polar surface area (TPSA) is 58.6 Å². The number of carbonyl (C=O) groups is 2. The van der Waals surface area contributed by atoms with Gasteiger partial charge in [0.15, 0.2) is 0 Å². The fourth-order valence-corrected chi connectivity index (χ4v) is 1.87. The molecule has 1 N–H and O–H groups in total. The predicted octanol–water partition coefficient (Wildman–Crippen LogP) is 2.55. The van der Waals surface area contributed by atoms with Gasteiger partial charge in [0.2, 0.25) is 5.91 Å². The Hall–Kier alpha value is -1.26. The first kappa shape index (κ1) is 17.7. The van der Waals surface area contributed by atoms with Crippen molar-refractivity contribution in [1.29, 1.82) is 0 Å². The summed E-state index contributed by atoms with van der Waals surface area (Å²) in [7, 11) is 1.77. The van der Waals surface area contributed by atoms with Gasteiger partial charge in [-0.25, -0.2) is 4.79 Å². The number of carbonyl (C=O) groups excluding carboxylic acids is 2. The highest BCUT2D eigenvalue weighted by Crippen LogP contribution is 2.09. The lowest BCUT2D eigenvalue weighted by molar-refractivity contribution is -0.134. The average Bonchev–Trinajstić information content (AvgIpc) is 2.26. The summed E-state index contributed by atoms with van der Waals surface area (Å²) in [6.07, 6.45) is 1.24. The summed E-state index contributed by atoms with van der Waals surface area (Å²) in [5.74, 6) is -0.0976. The zero-order valence-corrected chi connectivity index (χ0v) is 13.2. The van der Waals surface area contributed by atoms with Gasteiger partial charge in [-0.15, -0.1) is 0 Å². The number of rotatable bonds is 5. The summed E-state index contributed by atoms with van der Waals surface area (Å²) >= 11 is 0.